The van der Waals surface area contributed by atoms with Gasteiger partial charge in [0.25, 0.3) is 5.56 Å². The Morgan fingerprint density at radius 3 is 2.88 bits per heavy atom. The summed E-state index contributed by atoms with van der Waals surface area (Å²) in [7, 11) is 0. The van der Waals surface area contributed by atoms with E-state index in [4.69, 9.17) is 4.74 Å². The number of carbonyl (C=O) groups excluding carboxylic acids is 1. The van der Waals surface area contributed by atoms with E-state index in [1.807, 2.05) is 17.0 Å². The minimum absolute atomic E-state index is 0.0852. The van der Waals surface area contributed by atoms with E-state index in [-0.39, 0.29) is 23.5 Å². The Morgan fingerprint density at radius 2 is 2.15 bits per heavy atom. The van der Waals surface area contributed by atoms with E-state index in [1.54, 1.807) is 18.5 Å². The summed E-state index contributed by atoms with van der Waals surface area (Å²) in [6, 6.07) is 7.01. The summed E-state index contributed by atoms with van der Waals surface area (Å²) in [6.07, 6.45) is 6.01. The molecule has 0 saturated carbocycles. The average molecular weight is 354 g/mol. The van der Waals surface area contributed by atoms with Crippen LogP contribution >= 0.6 is 0 Å². The summed E-state index contributed by atoms with van der Waals surface area (Å²) in [5.74, 6) is 0.412. The van der Waals surface area contributed by atoms with Crippen molar-refractivity contribution in [1.29, 1.82) is 0 Å². The van der Waals surface area contributed by atoms with Gasteiger partial charge in [-0.1, -0.05) is 0 Å². The van der Waals surface area contributed by atoms with Crippen LogP contribution in [0.2, 0.25) is 0 Å². The molecule has 136 valence electrons. The fourth-order valence-corrected chi connectivity index (χ4v) is 3.51. The Kier molecular flexibility index (Phi) is 4.79. The van der Waals surface area contributed by atoms with Gasteiger partial charge in [0.1, 0.15) is 0 Å². The molecule has 7 nitrogen and oxygen atoms in total. The highest BCUT2D eigenvalue weighted by molar-refractivity contribution is 5.77. The summed E-state index contributed by atoms with van der Waals surface area (Å²) in [5, 5.41) is 4.46. The van der Waals surface area contributed by atoms with Crippen LogP contribution in [0.3, 0.4) is 0 Å². The van der Waals surface area contributed by atoms with Crippen LogP contribution in [-0.2, 0) is 16.1 Å². The van der Waals surface area contributed by atoms with Gasteiger partial charge >= 0.3 is 0 Å². The Morgan fingerprint density at radius 1 is 1.27 bits per heavy atom. The summed E-state index contributed by atoms with van der Waals surface area (Å²) in [6.45, 7) is 2.65. The number of nitrogens with zero attached hydrogens (tertiary/aromatic N) is 4. The molecule has 2 aromatic rings. The lowest BCUT2D eigenvalue weighted by atomic mass is 9.99. The Bertz CT molecular complexity index is 824. The molecule has 0 aliphatic carbocycles. The van der Waals surface area contributed by atoms with Gasteiger partial charge < -0.3 is 9.64 Å². The highest BCUT2D eigenvalue weighted by Gasteiger charge is 2.33. The van der Waals surface area contributed by atoms with Crippen LogP contribution in [0.5, 0.6) is 0 Å². The van der Waals surface area contributed by atoms with Crippen molar-refractivity contribution in [3.63, 3.8) is 0 Å². The van der Waals surface area contributed by atoms with E-state index in [2.05, 4.69) is 10.1 Å². The van der Waals surface area contributed by atoms with Gasteiger partial charge in [0.05, 0.1) is 24.8 Å². The second kappa shape index (κ2) is 7.37. The van der Waals surface area contributed by atoms with E-state index in [1.165, 1.54) is 10.7 Å². The molecule has 0 aromatic carbocycles. The molecule has 2 aromatic heterocycles. The first kappa shape index (κ1) is 16.9. The number of hydrogen-bond acceptors (Lipinski definition) is 5. The lowest BCUT2D eigenvalue weighted by molar-refractivity contribution is -0.140. The van der Waals surface area contributed by atoms with Crippen LogP contribution < -0.4 is 5.56 Å². The van der Waals surface area contributed by atoms with E-state index in [9.17, 15) is 9.59 Å². The molecule has 4 heterocycles. The van der Waals surface area contributed by atoms with Crippen molar-refractivity contribution in [2.45, 2.75) is 31.9 Å². The third-order valence-electron chi connectivity index (χ3n) is 4.99. The summed E-state index contributed by atoms with van der Waals surface area (Å²) < 4.78 is 7.02. The van der Waals surface area contributed by atoms with Crippen molar-refractivity contribution in [2.75, 3.05) is 19.7 Å². The number of rotatable bonds is 5. The Labute approximate surface area is 151 Å². The molecule has 1 unspecified atom stereocenters. The predicted octanol–water partition coefficient (Wildman–Crippen LogP) is 1.33. The zero-order chi connectivity index (χ0) is 17.9. The van der Waals surface area contributed by atoms with Crippen molar-refractivity contribution < 1.29 is 9.53 Å². The maximum Gasteiger partial charge on any atom is 0.266 e. The van der Waals surface area contributed by atoms with Crippen LogP contribution in [0.15, 0.2) is 41.5 Å². The number of aromatic nitrogens is 3. The van der Waals surface area contributed by atoms with Gasteiger partial charge in [0, 0.05) is 49.6 Å². The van der Waals surface area contributed by atoms with Crippen LogP contribution in [0, 0.1) is 5.92 Å². The molecule has 2 aliphatic rings. The van der Waals surface area contributed by atoms with Gasteiger partial charge in [-0.15, -0.1) is 0 Å². The van der Waals surface area contributed by atoms with Crippen molar-refractivity contribution in [2.24, 2.45) is 5.92 Å². The lowest BCUT2D eigenvalue weighted by Crippen LogP contribution is -2.52. The van der Waals surface area contributed by atoms with Crippen LogP contribution in [0.4, 0.5) is 0 Å². The molecule has 1 amide bonds. The van der Waals surface area contributed by atoms with Crippen molar-refractivity contribution >= 4 is 5.91 Å². The van der Waals surface area contributed by atoms with E-state index in [0.717, 1.165) is 30.7 Å². The molecular formula is C19H22N4O3. The second-order valence-corrected chi connectivity index (χ2v) is 6.98. The number of hydrogen-bond donors (Lipinski definition) is 0. The topological polar surface area (TPSA) is 77.3 Å². The zero-order valence-corrected chi connectivity index (χ0v) is 14.6. The number of pyridine rings is 1. The van der Waals surface area contributed by atoms with Crippen LogP contribution in [-0.4, -0.2) is 51.4 Å². The highest BCUT2D eigenvalue weighted by Crippen LogP contribution is 2.22. The van der Waals surface area contributed by atoms with E-state index >= 15 is 0 Å². The smallest absolute Gasteiger partial charge is 0.266 e. The minimum atomic E-state index is -0.123. The first-order chi connectivity index (χ1) is 12.7. The first-order valence-corrected chi connectivity index (χ1v) is 9.07. The summed E-state index contributed by atoms with van der Waals surface area (Å²) >= 11 is 0. The molecular weight excluding hydrogens is 332 g/mol. The van der Waals surface area contributed by atoms with E-state index < -0.39 is 0 Å². The third-order valence-corrected chi connectivity index (χ3v) is 4.99. The second-order valence-electron chi connectivity index (χ2n) is 6.98. The fourth-order valence-electron chi connectivity index (χ4n) is 3.51. The minimum Gasteiger partial charge on any atom is -0.378 e. The zero-order valence-electron chi connectivity index (χ0n) is 14.6. The molecule has 0 bridgehead atoms. The quantitative estimate of drug-likeness (QED) is 0.810. The number of ether oxygens (including phenoxy) is 1. The SMILES string of the molecule is O=C(CC1CCCO1)N1CC(Cn2nc(-c3cccnc3)ccc2=O)C1. The maximum atomic E-state index is 12.2. The molecule has 2 saturated heterocycles. The van der Waals surface area contributed by atoms with Gasteiger partial charge in [-0.25, -0.2) is 4.68 Å². The molecule has 2 fully saturated rings. The molecule has 26 heavy (non-hydrogen) atoms. The van der Waals surface area contributed by atoms with Gasteiger partial charge in [0.2, 0.25) is 5.91 Å². The standard InChI is InChI=1S/C19H22N4O3/c24-18-6-5-17(15-3-1-7-20-10-15)21-23(18)13-14-11-22(12-14)19(25)9-16-4-2-8-26-16/h1,3,5-7,10,14,16H,2,4,8-9,11-13H2. The van der Waals surface area contributed by atoms with E-state index in [0.29, 0.717) is 26.1 Å². The number of likely N-dealkylation sites (tertiary alicyclic amines) is 1. The monoisotopic (exact) mass is 354 g/mol. The van der Waals surface area contributed by atoms with Crippen molar-refractivity contribution in [3.8, 4) is 11.3 Å². The average Bonchev–Trinajstić information content (AvgIpc) is 3.12. The van der Waals surface area contributed by atoms with Gasteiger partial charge in [-0.05, 0) is 31.0 Å². The summed E-state index contributed by atoms with van der Waals surface area (Å²) in [4.78, 5) is 30.3. The molecule has 1 atom stereocenters. The number of carbonyl (C=O) groups is 1. The first-order valence-electron chi connectivity index (χ1n) is 9.07. The van der Waals surface area contributed by atoms with Crippen LogP contribution in [0.25, 0.3) is 11.3 Å². The Balaban J connectivity index is 1.35. The van der Waals surface area contributed by atoms with Crippen molar-refractivity contribution in [3.05, 3.63) is 47.0 Å². The molecule has 4 rings (SSSR count). The fraction of sp³-hybridized carbons (Fsp3) is 0.474. The molecule has 2 aliphatic heterocycles. The maximum absolute atomic E-state index is 12.2. The molecule has 0 spiro atoms. The third kappa shape index (κ3) is 3.67. The summed E-state index contributed by atoms with van der Waals surface area (Å²) in [5.41, 5.74) is 1.48. The van der Waals surface area contributed by atoms with Gasteiger partial charge in [-0.3, -0.25) is 14.6 Å². The normalized spacial score (nSPS) is 20.2. The Hall–Kier alpha value is -2.54. The predicted molar refractivity (Wildman–Crippen MR) is 95.4 cm³/mol. The highest BCUT2D eigenvalue weighted by atomic mass is 16.5. The molecule has 7 heteroatoms. The molecule has 0 radical (unpaired) electrons. The molecule has 0 N–H and O–H groups in total. The van der Waals surface area contributed by atoms with Gasteiger partial charge in [-0.2, -0.15) is 5.10 Å². The van der Waals surface area contributed by atoms with Crippen molar-refractivity contribution in [1.82, 2.24) is 19.7 Å². The largest absolute Gasteiger partial charge is 0.378 e. The van der Waals surface area contributed by atoms with Crippen LogP contribution in [0.1, 0.15) is 19.3 Å². The van der Waals surface area contributed by atoms with Gasteiger partial charge in [0.15, 0.2) is 0 Å². The lowest BCUT2D eigenvalue weighted by Gasteiger charge is -2.39. The number of amides is 1.